The molecule has 1 amide bonds. The zero-order valence-corrected chi connectivity index (χ0v) is 17.6. The van der Waals surface area contributed by atoms with Crippen molar-refractivity contribution in [1.82, 2.24) is 4.90 Å². The number of amides is 1. The van der Waals surface area contributed by atoms with Crippen LogP contribution in [0.5, 0.6) is 0 Å². The number of rotatable bonds is 4. The topological polar surface area (TPSA) is 70.0 Å². The monoisotopic (exact) mass is 441 g/mol. The molecule has 2 aromatic rings. The van der Waals surface area contributed by atoms with Gasteiger partial charge in [-0.15, -0.1) is 15.7 Å². The van der Waals surface area contributed by atoms with Crippen molar-refractivity contribution in [2.45, 2.75) is 18.4 Å². The molecule has 1 aromatic heterocycles. The van der Waals surface area contributed by atoms with Crippen LogP contribution in [0.4, 0.5) is 5.69 Å². The van der Waals surface area contributed by atoms with Gasteiger partial charge in [0.2, 0.25) is 0 Å². The van der Waals surface area contributed by atoms with E-state index in [1.807, 2.05) is 36.1 Å². The number of thioether (sulfide) groups is 1. The van der Waals surface area contributed by atoms with Crippen LogP contribution < -0.4 is 4.90 Å². The number of anilines is 1. The van der Waals surface area contributed by atoms with Crippen LogP contribution in [0.3, 0.4) is 0 Å². The number of sulfonamides is 1. The Balaban J connectivity index is 1.58. The van der Waals surface area contributed by atoms with Crippen LogP contribution >= 0.6 is 34.7 Å². The van der Waals surface area contributed by atoms with Crippen LogP contribution in [0.2, 0.25) is 4.34 Å². The average molecular weight is 442 g/mol. The number of fused-ring (bicyclic) bond motifs is 3. The van der Waals surface area contributed by atoms with E-state index in [0.717, 1.165) is 15.5 Å². The van der Waals surface area contributed by atoms with Gasteiger partial charge >= 0.3 is 0 Å². The largest absolute Gasteiger partial charge is 0.334 e. The molecule has 142 valence electrons. The van der Waals surface area contributed by atoms with Crippen molar-refractivity contribution < 1.29 is 13.2 Å². The lowest BCUT2D eigenvalue weighted by atomic mass is 10.1. The van der Waals surface area contributed by atoms with Gasteiger partial charge in [0.15, 0.2) is 5.17 Å². The number of benzene rings is 1. The van der Waals surface area contributed by atoms with Crippen LogP contribution in [0, 0.1) is 0 Å². The van der Waals surface area contributed by atoms with E-state index in [4.69, 9.17) is 11.6 Å². The highest BCUT2D eigenvalue weighted by Gasteiger charge is 2.33. The minimum atomic E-state index is -3.39. The van der Waals surface area contributed by atoms with Crippen LogP contribution in [-0.4, -0.2) is 43.2 Å². The van der Waals surface area contributed by atoms with Crippen molar-refractivity contribution in [2.75, 3.05) is 23.7 Å². The number of hydrogen-bond donors (Lipinski definition) is 0. The fraction of sp³-hybridized carbons (Fsp3) is 0.294. The van der Waals surface area contributed by atoms with Gasteiger partial charge in [0.25, 0.3) is 15.9 Å². The second-order valence-electron chi connectivity index (χ2n) is 6.12. The number of halogens is 1. The smallest absolute Gasteiger partial charge is 0.257 e. The number of carbonyl (C=O) groups is 1. The van der Waals surface area contributed by atoms with Crippen LogP contribution in [0.1, 0.15) is 22.2 Å². The van der Waals surface area contributed by atoms with Crippen molar-refractivity contribution in [3.05, 3.63) is 45.1 Å². The molecule has 0 saturated heterocycles. The second-order valence-corrected chi connectivity index (χ2v) is 10.7. The van der Waals surface area contributed by atoms with Crippen molar-refractivity contribution in [1.29, 1.82) is 0 Å². The molecule has 0 radical (unpaired) electrons. The molecule has 2 aliphatic heterocycles. The van der Waals surface area contributed by atoms with Gasteiger partial charge < -0.3 is 9.80 Å². The molecule has 0 fully saturated rings. The lowest BCUT2D eigenvalue weighted by Gasteiger charge is -2.22. The van der Waals surface area contributed by atoms with E-state index in [1.54, 1.807) is 11.0 Å². The summed E-state index contributed by atoms with van der Waals surface area (Å²) in [5.74, 6) is -0.0608. The van der Waals surface area contributed by atoms with Crippen molar-refractivity contribution in [3.63, 3.8) is 0 Å². The van der Waals surface area contributed by atoms with Gasteiger partial charge in [-0.05, 0) is 49.0 Å². The first-order chi connectivity index (χ1) is 12.9. The van der Waals surface area contributed by atoms with Crippen LogP contribution in [-0.2, 0) is 16.6 Å². The summed E-state index contributed by atoms with van der Waals surface area (Å²) in [7, 11) is -3.39. The Labute approximate surface area is 170 Å². The Morgan fingerprint density at radius 3 is 2.85 bits per heavy atom. The molecule has 6 nitrogen and oxygen atoms in total. The van der Waals surface area contributed by atoms with Crippen LogP contribution in [0.25, 0.3) is 0 Å². The number of carbonyl (C=O) groups excluding carboxylic acids is 1. The highest BCUT2D eigenvalue weighted by molar-refractivity contribution is 8.15. The van der Waals surface area contributed by atoms with Gasteiger partial charge in [-0.3, -0.25) is 4.79 Å². The van der Waals surface area contributed by atoms with Crippen molar-refractivity contribution in [3.8, 4) is 0 Å². The number of amidine groups is 1. The predicted octanol–water partition coefficient (Wildman–Crippen LogP) is 3.68. The van der Waals surface area contributed by atoms with E-state index in [-0.39, 0.29) is 11.7 Å². The third-order valence-electron chi connectivity index (χ3n) is 4.36. The minimum Gasteiger partial charge on any atom is -0.334 e. The SMILES string of the molecule is CCN(Cc1ccc(Cl)s1)C(=O)c1ccc2c(c1)SC1=NS(=O)(=O)CCN12. The third kappa shape index (κ3) is 3.73. The fourth-order valence-electron chi connectivity index (χ4n) is 3.00. The first-order valence-corrected chi connectivity index (χ1v) is 11.9. The summed E-state index contributed by atoms with van der Waals surface area (Å²) in [4.78, 5) is 18.5. The first kappa shape index (κ1) is 18.8. The summed E-state index contributed by atoms with van der Waals surface area (Å²) < 4.78 is 28.0. The highest BCUT2D eigenvalue weighted by Crippen LogP contribution is 2.42. The standard InChI is InChI=1S/C17H16ClN3O3S3/c1-2-20(10-12-4-6-15(18)25-12)16(22)11-3-5-13-14(9-11)26-17-19-27(23,24)8-7-21(13)17/h3-6,9H,2,7-8,10H2,1H3. The Kier molecular flexibility index (Phi) is 4.96. The molecule has 1 aromatic carbocycles. The van der Waals surface area contributed by atoms with E-state index in [1.165, 1.54) is 23.1 Å². The molecule has 0 bridgehead atoms. The lowest BCUT2D eigenvalue weighted by Crippen LogP contribution is -2.35. The third-order valence-corrected chi connectivity index (χ3v) is 7.89. The number of hydrogen-bond acceptors (Lipinski definition) is 6. The summed E-state index contributed by atoms with van der Waals surface area (Å²) >= 11 is 8.74. The maximum atomic E-state index is 13.0. The summed E-state index contributed by atoms with van der Waals surface area (Å²) in [6, 6.07) is 9.23. The van der Waals surface area contributed by atoms with Gasteiger partial charge in [-0.2, -0.15) is 0 Å². The summed E-state index contributed by atoms with van der Waals surface area (Å²) in [5.41, 5.74) is 1.48. The fourth-order valence-corrected chi connectivity index (χ4v) is 6.40. The zero-order valence-electron chi connectivity index (χ0n) is 14.4. The lowest BCUT2D eigenvalue weighted by molar-refractivity contribution is 0.0754. The quantitative estimate of drug-likeness (QED) is 0.723. The average Bonchev–Trinajstić information content (AvgIpc) is 3.19. The van der Waals surface area contributed by atoms with E-state index in [9.17, 15) is 13.2 Å². The predicted molar refractivity (Wildman–Crippen MR) is 111 cm³/mol. The van der Waals surface area contributed by atoms with Crippen molar-refractivity contribution >= 4 is 61.5 Å². The molecule has 4 rings (SSSR count). The molecule has 0 aliphatic carbocycles. The summed E-state index contributed by atoms with van der Waals surface area (Å²) in [5, 5.41) is 0.460. The highest BCUT2D eigenvalue weighted by atomic mass is 35.5. The molecule has 0 N–H and O–H groups in total. The Morgan fingerprint density at radius 1 is 1.33 bits per heavy atom. The van der Waals surface area contributed by atoms with Gasteiger partial charge in [0, 0.05) is 28.4 Å². The van der Waals surface area contributed by atoms with Gasteiger partial charge in [-0.1, -0.05) is 11.6 Å². The molecule has 0 saturated carbocycles. The molecule has 0 atom stereocenters. The maximum Gasteiger partial charge on any atom is 0.257 e. The first-order valence-electron chi connectivity index (χ1n) is 8.32. The number of thiophene rings is 1. The molecule has 2 aliphatic rings. The molecule has 27 heavy (non-hydrogen) atoms. The van der Waals surface area contributed by atoms with Crippen molar-refractivity contribution in [2.24, 2.45) is 4.40 Å². The van der Waals surface area contributed by atoms with Gasteiger partial charge in [0.05, 0.1) is 22.3 Å². The second kappa shape index (κ2) is 7.12. The molecular weight excluding hydrogens is 426 g/mol. The van der Waals surface area contributed by atoms with E-state index in [2.05, 4.69) is 4.40 Å². The van der Waals surface area contributed by atoms with E-state index >= 15 is 0 Å². The minimum absolute atomic E-state index is 0.00413. The summed E-state index contributed by atoms with van der Waals surface area (Å²) in [6.07, 6.45) is 0. The zero-order chi connectivity index (χ0) is 19.2. The Bertz CT molecular complexity index is 1050. The molecular formula is C17H16ClN3O3S3. The van der Waals surface area contributed by atoms with Gasteiger partial charge in [0.1, 0.15) is 0 Å². The molecule has 0 spiro atoms. The van der Waals surface area contributed by atoms with Gasteiger partial charge in [-0.25, -0.2) is 8.42 Å². The summed E-state index contributed by atoms with van der Waals surface area (Å²) in [6.45, 7) is 3.41. The van der Waals surface area contributed by atoms with E-state index < -0.39 is 10.0 Å². The maximum absolute atomic E-state index is 13.0. The normalized spacial score (nSPS) is 17.3. The molecule has 10 heteroatoms. The van der Waals surface area contributed by atoms with E-state index in [0.29, 0.717) is 34.7 Å². The molecule has 3 heterocycles. The Morgan fingerprint density at radius 2 is 2.15 bits per heavy atom. The Hall–Kier alpha value is -1.55. The van der Waals surface area contributed by atoms with Crippen LogP contribution in [0.15, 0.2) is 39.6 Å². The molecule has 0 unspecified atom stereocenters. The number of nitrogens with zero attached hydrogens (tertiary/aromatic N) is 3.